The molecule has 0 unspecified atom stereocenters. The van der Waals surface area contributed by atoms with Gasteiger partial charge in [0, 0.05) is 30.0 Å². The van der Waals surface area contributed by atoms with Crippen LogP contribution in [0.4, 0.5) is 11.4 Å². The van der Waals surface area contributed by atoms with Gasteiger partial charge in [0.2, 0.25) is 0 Å². The fourth-order valence-corrected chi connectivity index (χ4v) is 2.58. The second-order valence-corrected chi connectivity index (χ2v) is 4.83. The van der Waals surface area contributed by atoms with Crippen molar-refractivity contribution in [2.75, 3.05) is 23.7 Å². The summed E-state index contributed by atoms with van der Waals surface area (Å²) in [4.78, 5) is 2.44. The number of benzene rings is 2. The average Bonchev–Trinajstić information content (AvgIpc) is 2.94. The van der Waals surface area contributed by atoms with Crippen LogP contribution in [0, 0.1) is 0 Å². The fourth-order valence-electron chi connectivity index (χ4n) is 2.58. The summed E-state index contributed by atoms with van der Waals surface area (Å²) < 4.78 is 0. The van der Waals surface area contributed by atoms with Crippen LogP contribution in [0.15, 0.2) is 48.5 Å². The maximum atomic E-state index is 6.10. The topological polar surface area (TPSA) is 29.3 Å². The molecule has 0 aliphatic carbocycles. The van der Waals surface area contributed by atoms with Crippen LogP contribution in [0.2, 0.25) is 0 Å². The third-order valence-corrected chi connectivity index (χ3v) is 3.59. The van der Waals surface area contributed by atoms with Crippen LogP contribution in [0.25, 0.3) is 11.1 Å². The van der Waals surface area contributed by atoms with Gasteiger partial charge >= 0.3 is 0 Å². The molecular formula is C16H18N2. The molecule has 2 aromatic rings. The zero-order valence-electron chi connectivity index (χ0n) is 10.5. The second-order valence-electron chi connectivity index (χ2n) is 4.83. The number of hydrogen-bond acceptors (Lipinski definition) is 2. The molecule has 2 nitrogen and oxygen atoms in total. The molecule has 1 saturated heterocycles. The van der Waals surface area contributed by atoms with Crippen LogP contribution in [-0.4, -0.2) is 13.1 Å². The van der Waals surface area contributed by atoms with Gasteiger partial charge in [0.15, 0.2) is 0 Å². The van der Waals surface area contributed by atoms with Crippen LogP contribution in [0.3, 0.4) is 0 Å². The maximum absolute atomic E-state index is 6.10. The Morgan fingerprint density at radius 2 is 1.61 bits per heavy atom. The molecule has 0 radical (unpaired) electrons. The Hall–Kier alpha value is -1.96. The first-order chi connectivity index (χ1) is 8.84. The van der Waals surface area contributed by atoms with E-state index in [0.717, 1.165) is 24.3 Å². The van der Waals surface area contributed by atoms with Crippen molar-refractivity contribution in [3.63, 3.8) is 0 Å². The van der Waals surface area contributed by atoms with E-state index in [9.17, 15) is 0 Å². The van der Waals surface area contributed by atoms with Crippen molar-refractivity contribution in [3.05, 3.63) is 48.5 Å². The average molecular weight is 238 g/mol. The van der Waals surface area contributed by atoms with Crippen LogP contribution in [0.5, 0.6) is 0 Å². The fraction of sp³-hybridized carbons (Fsp3) is 0.250. The molecule has 0 amide bonds. The SMILES string of the molecule is Nc1ccc(N2CCCC2)cc1-c1ccccc1. The number of hydrogen-bond donors (Lipinski definition) is 1. The van der Waals surface area contributed by atoms with E-state index < -0.39 is 0 Å². The van der Waals surface area contributed by atoms with E-state index in [4.69, 9.17) is 5.73 Å². The normalized spacial score (nSPS) is 15.0. The van der Waals surface area contributed by atoms with E-state index >= 15 is 0 Å². The molecule has 1 aliphatic rings. The van der Waals surface area contributed by atoms with E-state index in [1.807, 2.05) is 12.1 Å². The minimum Gasteiger partial charge on any atom is -0.398 e. The van der Waals surface area contributed by atoms with Gasteiger partial charge in [-0.3, -0.25) is 0 Å². The van der Waals surface area contributed by atoms with Gasteiger partial charge < -0.3 is 10.6 Å². The Morgan fingerprint density at radius 1 is 0.889 bits per heavy atom. The predicted molar refractivity (Wildman–Crippen MR) is 77.7 cm³/mol. The molecule has 0 atom stereocenters. The molecule has 1 aliphatic heterocycles. The minimum absolute atomic E-state index is 0.851. The predicted octanol–water partition coefficient (Wildman–Crippen LogP) is 3.54. The van der Waals surface area contributed by atoms with Crippen molar-refractivity contribution in [1.29, 1.82) is 0 Å². The van der Waals surface area contributed by atoms with Crippen LogP contribution >= 0.6 is 0 Å². The molecule has 1 heterocycles. The Labute approximate surface area is 108 Å². The van der Waals surface area contributed by atoms with Gasteiger partial charge in [0.25, 0.3) is 0 Å². The quantitative estimate of drug-likeness (QED) is 0.811. The highest BCUT2D eigenvalue weighted by Crippen LogP contribution is 2.31. The Morgan fingerprint density at radius 3 is 2.33 bits per heavy atom. The number of nitrogens with two attached hydrogens (primary N) is 1. The highest BCUT2D eigenvalue weighted by molar-refractivity contribution is 5.79. The lowest BCUT2D eigenvalue weighted by molar-refractivity contribution is 0.949. The monoisotopic (exact) mass is 238 g/mol. The molecule has 3 rings (SSSR count). The molecule has 0 bridgehead atoms. The van der Waals surface area contributed by atoms with E-state index in [0.29, 0.717) is 0 Å². The molecular weight excluding hydrogens is 220 g/mol. The van der Waals surface area contributed by atoms with Gasteiger partial charge in [-0.25, -0.2) is 0 Å². The van der Waals surface area contributed by atoms with Crippen molar-refractivity contribution >= 4 is 11.4 Å². The van der Waals surface area contributed by atoms with E-state index in [1.54, 1.807) is 0 Å². The molecule has 2 N–H and O–H groups in total. The van der Waals surface area contributed by atoms with Gasteiger partial charge in [-0.05, 0) is 36.6 Å². The lowest BCUT2D eigenvalue weighted by Crippen LogP contribution is -2.17. The second kappa shape index (κ2) is 4.73. The summed E-state index contributed by atoms with van der Waals surface area (Å²) in [7, 11) is 0. The molecule has 2 aromatic carbocycles. The zero-order chi connectivity index (χ0) is 12.4. The molecule has 0 spiro atoms. The molecule has 0 saturated carbocycles. The largest absolute Gasteiger partial charge is 0.398 e. The molecule has 2 heteroatoms. The van der Waals surface area contributed by atoms with Gasteiger partial charge in [-0.2, -0.15) is 0 Å². The lowest BCUT2D eigenvalue weighted by Gasteiger charge is -2.19. The Bertz CT molecular complexity index is 528. The highest BCUT2D eigenvalue weighted by atomic mass is 15.1. The first-order valence-electron chi connectivity index (χ1n) is 6.54. The Balaban J connectivity index is 2.01. The van der Waals surface area contributed by atoms with Crippen molar-refractivity contribution < 1.29 is 0 Å². The zero-order valence-corrected chi connectivity index (χ0v) is 10.5. The van der Waals surface area contributed by atoms with Crippen LogP contribution in [-0.2, 0) is 0 Å². The first kappa shape index (κ1) is 11.1. The molecule has 0 aromatic heterocycles. The maximum Gasteiger partial charge on any atom is 0.0395 e. The molecule has 1 fully saturated rings. The van der Waals surface area contributed by atoms with Crippen molar-refractivity contribution in [2.45, 2.75) is 12.8 Å². The summed E-state index contributed by atoms with van der Waals surface area (Å²) in [5.74, 6) is 0. The third-order valence-electron chi connectivity index (χ3n) is 3.59. The smallest absolute Gasteiger partial charge is 0.0395 e. The molecule has 18 heavy (non-hydrogen) atoms. The number of rotatable bonds is 2. The summed E-state index contributed by atoms with van der Waals surface area (Å²) >= 11 is 0. The van der Waals surface area contributed by atoms with Crippen LogP contribution in [0.1, 0.15) is 12.8 Å². The van der Waals surface area contributed by atoms with Gasteiger partial charge in [-0.1, -0.05) is 30.3 Å². The standard InChI is InChI=1S/C16H18N2/c17-16-9-8-14(18-10-4-5-11-18)12-15(16)13-6-2-1-3-7-13/h1-3,6-9,12H,4-5,10-11,17H2. The third kappa shape index (κ3) is 2.06. The van der Waals surface area contributed by atoms with Crippen molar-refractivity contribution in [1.82, 2.24) is 0 Å². The summed E-state index contributed by atoms with van der Waals surface area (Å²) in [6, 6.07) is 16.7. The van der Waals surface area contributed by atoms with Crippen molar-refractivity contribution in [2.24, 2.45) is 0 Å². The molecule has 92 valence electrons. The number of anilines is 2. The van der Waals surface area contributed by atoms with Crippen molar-refractivity contribution in [3.8, 4) is 11.1 Å². The van der Waals surface area contributed by atoms with Gasteiger partial charge in [-0.15, -0.1) is 0 Å². The lowest BCUT2D eigenvalue weighted by atomic mass is 10.0. The number of nitrogens with zero attached hydrogens (tertiary/aromatic N) is 1. The Kier molecular flexibility index (Phi) is 2.93. The van der Waals surface area contributed by atoms with E-state index in [1.165, 1.54) is 24.1 Å². The van der Waals surface area contributed by atoms with Crippen LogP contribution < -0.4 is 10.6 Å². The summed E-state index contributed by atoms with van der Waals surface area (Å²) in [6.45, 7) is 2.33. The van der Waals surface area contributed by atoms with E-state index in [-0.39, 0.29) is 0 Å². The number of nitrogen functional groups attached to an aromatic ring is 1. The summed E-state index contributed by atoms with van der Waals surface area (Å²) in [6.07, 6.45) is 2.59. The summed E-state index contributed by atoms with van der Waals surface area (Å²) in [5, 5.41) is 0. The van der Waals surface area contributed by atoms with Gasteiger partial charge in [0.1, 0.15) is 0 Å². The summed E-state index contributed by atoms with van der Waals surface area (Å²) in [5.41, 5.74) is 10.6. The van der Waals surface area contributed by atoms with E-state index in [2.05, 4.69) is 41.3 Å². The van der Waals surface area contributed by atoms with Gasteiger partial charge in [0.05, 0.1) is 0 Å². The first-order valence-corrected chi connectivity index (χ1v) is 6.54. The minimum atomic E-state index is 0.851. The highest BCUT2D eigenvalue weighted by Gasteiger charge is 2.13.